The van der Waals surface area contributed by atoms with Crippen molar-refractivity contribution in [3.05, 3.63) is 111 Å². The first-order chi connectivity index (χ1) is 21.5. The van der Waals surface area contributed by atoms with Crippen molar-refractivity contribution < 1.29 is 37.0 Å². The molecule has 0 aliphatic carbocycles. The Kier molecular flexibility index (Phi) is 9.03. The number of carbonyl (C=O) groups excluding carboxylic acids is 2. The van der Waals surface area contributed by atoms with Crippen LogP contribution in [0.4, 0.5) is 13.2 Å². The molecule has 0 radical (unpaired) electrons. The molecule has 5 aromatic rings. The lowest BCUT2D eigenvalue weighted by Gasteiger charge is -2.12. The highest BCUT2D eigenvalue weighted by Gasteiger charge is 2.35. The maximum Gasteiger partial charge on any atom is 0.418 e. The predicted molar refractivity (Wildman–Crippen MR) is 165 cm³/mol. The number of carbonyl (C=O) groups is 2. The number of benzene rings is 4. The molecule has 5 rings (SSSR count). The Balaban J connectivity index is 1.41. The highest BCUT2D eigenvalue weighted by atomic mass is 35.5. The number of H-pyrrole nitrogens is 1. The van der Waals surface area contributed by atoms with Gasteiger partial charge in [-0.05, 0) is 54.1 Å². The molecule has 0 aliphatic heterocycles. The summed E-state index contributed by atoms with van der Waals surface area (Å²) in [6.45, 7) is 0. The van der Waals surface area contributed by atoms with Gasteiger partial charge in [0.25, 0.3) is 5.91 Å². The number of halogens is 5. The van der Waals surface area contributed by atoms with Gasteiger partial charge in [0.15, 0.2) is 11.5 Å². The summed E-state index contributed by atoms with van der Waals surface area (Å²) >= 11 is 12.4. The number of methoxy groups -OCH3 is 2. The summed E-state index contributed by atoms with van der Waals surface area (Å²) in [5, 5.41) is 4.69. The minimum absolute atomic E-state index is 0.0913. The summed E-state index contributed by atoms with van der Waals surface area (Å²) in [7, 11) is 2.78. The quantitative estimate of drug-likeness (QED) is 0.0760. The Morgan fingerprint density at radius 1 is 0.889 bits per heavy atom. The van der Waals surface area contributed by atoms with Gasteiger partial charge in [0.1, 0.15) is 17.0 Å². The van der Waals surface area contributed by atoms with Crippen molar-refractivity contribution in [3.8, 4) is 28.4 Å². The van der Waals surface area contributed by atoms with Crippen molar-refractivity contribution in [1.82, 2.24) is 10.4 Å². The fraction of sp³-hybridized carbons (Fsp3) is 0.0938. The number of nitrogens with zero attached hydrogens (tertiary/aromatic N) is 1. The van der Waals surface area contributed by atoms with E-state index in [2.05, 4.69) is 15.5 Å². The molecule has 230 valence electrons. The molecular weight excluding hydrogens is 634 g/mol. The van der Waals surface area contributed by atoms with Crippen molar-refractivity contribution >= 4 is 52.2 Å². The number of aromatic amines is 1. The van der Waals surface area contributed by atoms with Crippen molar-refractivity contribution in [3.63, 3.8) is 0 Å². The van der Waals surface area contributed by atoms with E-state index in [0.29, 0.717) is 16.1 Å². The van der Waals surface area contributed by atoms with Crippen molar-refractivity contribution in [2.45, 2.75) is 6.18 Å². The highest BCUT2D eigenvalue weighted by Crippen LogP contribution is 2.41. The van der Waals surface area contributed by atoms with Crippen molar-refractivity contribution in [2.75, 3.05) is 14.2 Å². The molecule has 8 nitrogen and oxygen atoms in total. The molecule has 4 aromatic carbocycles. The molecule has 0 aliphatic rings. The summed E-state index contributed by atoms with van der Waals surface area (Å²) in [6, 6.07) is 19.2. The Morgan fingerprint density at radius 2 is 1.62 bits per heavy atom. The zero-order chi connectivity index (χ0) is 32.3. The summed E-state index contributed by atoms with van der Waals surface area (Å²) in [6.07, 6.45) is -3.39. The molecule has 1 amide bonds. The zero-order valence-corrected chi connectivity index (χ0v) is 25.0. The van der Waals surface area contributed by atoms with Gasteiger partial charge in [0.05, 0.1) is 31.5 Å². The molecule has 0 unspecified atom stereocenters. The molecule has 13 heteroatoms. The molecule has 0 saturated heterocycles. The molecule has 1 heterocycles. The average molecular weight is 656 g/mol. The van der Waals surface area contributed by atoms with Gasteiger partial charge in [-0.25, -0.2) is 10.2 Å². The second-order valence-electron chi connectivity index (χ2n) is 9.42. The van der Waals surface area contributed by atoms with Crippen LogP contribution in [0.5, 0.6) is 17.2 Å². The first kappa shape index (κ1) is 31.4. The van der Waals surface area contributed by atoms with Gasteiger partial charge in [-0.3, -0.25) is 4.79 Å². The largest absolute Gasteiger partial charge is 0.496 e. The number of nitrogens with one attached hydrogen (secondary N) is 2. The normalized spacial score (nSPS) is 11.5. The lowest BCUT2D eigenvalue weighted by atomic mass is 10.00. The van der Waals surface area contributed by atoms with E-state index in [1.165, 1.54) is 56.8 Å². The average Bonchev–Trinajstić information content (AvgIpc) is 3.41. The van der Waals surface area contributed by atoms with Crippen LogP contribution in [0, 0.1) is 0 Å². The molecule has 0 atom stereocenters. The third kappa shape index (κ3) is 6.59. The van der Waals surface area contributed by atoms with Crippen LogP contribution in [0.25, 0.3) is 22.0 Å². The van der Waals surface area contributed by atoms with Crippen LogP contribution < -0.4 is 19.6 Å². The number of amides is 1. The number of rotatable bonds is 8. The third-order valence-corrected chi connectivity index (χ3v) is 7.23. The van der Waals surface area contributed by atoms with Gasteiger partial charge in [-0.1, -0.05) is 53.5 Å². The lowest BCUT2D eigenvalue weighted by molar-refractivity contribution is -0.136. The fourth-order valence-electron chi connectivity index (χ4n) is 4.63. The maximum atomic E-state index is 13.8. The van der Waals surface area contributed by atoms with E-state index in [4.69, 9.17) is 37.4 Å². The number of fused-ring (bicyclic) bond motifs is 1. The Morgan fingerprint density at radius 3 is 2.33 bits per heavy atom. The number of hydrazone groups is 1. The van der Waals surface area contributed by atoms with E-state index < -0.39 is 23.6 Å². The Labute approximate surface area is 264 Å². The second kappa shape index (κ2) is 12.9. The molecule has 0 spiro atoms. The van der Waals surface area contributed by atoms with Gasteiger partial charge < -0.3 is 19.2 Å². The van der Waals surface area contributed by atoms with Crippen LogP contribution >= 0.6 is 23.2 Å². The molecule has 0 fully saturated rings. The standard InChI is InChI=1S/C32H22Cl2F3N3O5/c1-43-24-13-11-18(33)15-21(24)31(42)45-25-12-10-17(14-26(25)44-2)16-38-40-30(41)29-27(19-6-3-4-9-23(19)34)20-7-5-8-22(28(20)39-29)32(35,36)37/h3-16,39H,1-2H3,(H,40,41). The molecule has 0 saturated carbocycles. The van der Waals surface area contributed by atoms with Crippen LogP contribution in [-0.2, 0) is 6.18 Å². The zero-order valence-electron chi connectivity index (χ0n) is 23.5. The number of hydrogen-bond acceptors (Lipinski definition) is 6. The van der Waals surface area contributed by atoms with Gasteiger partial charge in [-0.2, -0.15) is 18.3 Å². The lowest BCUT2D eigenvalue weighted by Crippen LogP contribution is -2.19. The number of esters is 1. The van der Waals surface area contributed by atoms with Gasteiger partial charge in [0.2, 0.25) is 0 Å². The Hall–Kier alpha value is -5.00. The fourth-order valence-corrected chi connectivity index (χ4v) is 5.03. The van der Waals surface area contributed by atoms with Crippen molar-refractivity contribution in [2.24, 2.45) is 5.10 Å². The van der Waals surface area contributed by atoms with E-state index in [-0.39, 0.29) is 50.0 Å². The van der Waals surface area contributed by atoms with Gasteiger partial charge >= 0.3 is 12.1 Å². The first-order valence-electron chi connectivity index (χ1n) is 13.1. The SMILES string of the molecule is COc1cc(C=NNC(=O)c2[nH]c3c(C(F)(F)F)cccc3c2-c2ccccc2Cl)ccc1OC(=O)c1cc(Cl)ccc1OC. The van der Waals surface area contributed by atoms with Crippen LogP contribution in [-0.4, -0.2) is 37.3 Å². The summed E-state index contributed by atoms with van der Waals surface area (Å²) in [4.78, 5) is 28.7. The molecule has 1 aromatic heterocycles. The topological polar surface area (TPSA) is 102 Å². The molecule has 2 N–H and O–H groups in total. The first-order valence-corrected chi connectivity index (χ1v) is 13.8. The monoisotopic (exact) mass is 655 g/mol. The minimum Gasteiger partial charge on any atom is -0.496 e. The maximum absolute atomic E-state index is 13.8. The summed E-state index contributed by atoms with van der Waals surface area (Å²) < 4.78 is 57.5. The minimum atomic E-state index is -4.67. The van der Waals surface area contributed by atoms with Crippen LogP contribution in [0.15, 0.2) is 84.0 Å². The number of hydrogen-bond donors (Lipinski definition) is 2. The van der Waals surface area contributed by atoms with Gasteiger partial charge in [-0.15, -0.1) is 0 Å². The number of ether oxygens (including phenoxy) is 3. The number of alkyl halides is 3. The summed E-state index contributed by atoms with van der Waals surface area (Å²) in [5.41, 5.74) is 2.09. The van der Waals surface area contributed by atoms with E-state index in [9.17, 15) is 22.8 Å². The third-order valence-electron chi connectivity index (χ3n) is 6.66. The Bertz CT molecular complexity index is 1960. The highest BCUT2D eigenvalue weighted by molar-refractivity contribution is 6.34. The van der Waals surface area contributed by atoms with Gasteiger partial charge in [0, 0.05) is 26.6 Å². The van der Waals surface area contributed by atoms with Crippen LogP contribution in [0.2, 0.25) is 10.0 Å². The van der Waals surface area contributed by atoms with E-state index in [1.54, 1.807) is 36.4 Å². The van der Waals surface area contributed by atoms with Crippen LogP contribution in [0.3, 0.4) is 0 Å². The summed E-state index contributed by atoms with van der Waals surface area (Å²) in [5.74, 6) is -1.00. The molecule has 0 bridgehead atoms. The predicted octanol–water partition coefficient (Wildman–Crippen LogP) is 8.16. The second-order valence-corrected chi connectivity index (χ2v) is 10.3. The molecular formula is C32H22Cl2F3N3O5. The molecule has 45 heavy (non-hydrogen) atoms. The number of aromatic nitrogens is 1. The van der Waals surface area contributed by atoms with E-state index in [1.807, 2.05) is 0 Å². The van der Waals surface area contributed by atoms with E-state index in [0.717, 1.165) is 6.07 Å². The smallest absolute Gasteiger partial charge is 0.418 e. The van der Waals surface area contributed by atoms with Crippen LogP contribution in [0.1, 0.15) is 32.0 Å². The van der Waals surface area contributed by atoms with E-state index >= 15 is 0 Å². The van der Waals surface area contributed by atoms with Crippen molar-refractivity contribution in [1.29, 1.82) is 0 Å². The number of para-hydroxylation sites is 1.